The lowest BCUT2D eigenvalue weighted by atomic mass is 10.2. The minimum atomic E-state index is -3.83. The number of rotatable bonds is 6. The molecule has 0 aliphatic carbocycles. The largest absolute Gasteiger partial charge is 0.497 e. The summed E-state index contributed by atoms with van der Waals surface area (Å²) in [4.78, 5) is 30.9. The number of amides is 2. The van der Waals surface area contributed by atoms with Crippen molar-refractivity contribution >= 4 is 51.7 Å². The van der Waals surface area contributed by atoms with E-state index in [1.54, 1.807) is 31.3 Å². The number of nitrogens with zero attached hydrogens (tertiary/aromatic N) is 2. The highest BCUT2D eigenvalue weighted by atomic mass is 35.5. The Labute approximate surface area is 186 Å². The number of benzene rings is 2. The number of ether oxygens (including phenoxy) is 2. The summed E-state index contributed by atoms with van der Waals surface area (Å²) < 4.78 is 34.8. The van der Waals surface area contributed by atoms with Crippen molar-refractivity contribution in [1.29, 1.82) is 0 Å². The van der Waals surface area contributed by atoms with Gasteiger partial charge in [0.25, 0.3) is 0 Å². The number of alkyl halides is 3. The van der Waals surface area contributed by atoms with Crippen LogP contribution in [0, 0.1) is 0 Å². The molecule has 2 aromatic carbocycles. The van der Waals surface area contributed by atoms with Gasteiger partial charge >= 0.3 is 5.57 Å². The van der Waals surface area contributed by atoms with Crippen molar-refractivity contribution in [3.05, 3.63) is 48.5 Å². The van der Waals surface area contributed by atoms with E-state index in [1.807, 2.05) is 0 Å². The number of hydrogen-bond donors (Lipinski definition) is 1. The van der Waals surface area contributed by atoms with E-state index >= 15 is 0 Å². The topological polar surface area (TPSA) is 80.2 Å². The van der Waals surface area contributed by atoms with Crippen LogP contribution >= 0.6 is 23.4 Å². The maximum Gasteiger partial charge on any atom is 0.487 e. The van der Waals surface area contributed by atoms with Crippen molar-refractivity contribution in [2.24, 2.45) is 4.99 Å². The fourth-order valence-corrected chi connectivity index (χ4v) is 3.80. The summed E-state index contributed by atoms with van der Waals surface area (Å²) >= 11 is 5.88. The molecule has 1 N–H and O–H groups in total. The van der Waals surface area contributed by atoms with Gasteiger partial charge in [0.1, 0.15) is 16.7 Å². The molecule has 0 aromatic heterocycles. The van der Waals surface area contributed by atoms with Gasteiger partial charge in [-0.2, -0.15) is 0 Å². The van der Waals surface area contributed by atoms with Gasteiger partial charge in [-0.25, -0.2) is 4.99 Å². The zero-order chi connectivity index (χ0) is 22.6. The van der Waals surface area contributed by atoms with Crippen LogP contribution in [0.2, 0.25) is 0 Å². The molecule has 0 saturated carbocycles. The number of aliphatic imine (C=N–C) groups is 1. The van der Waals surface area contributed by atoms with Gasteiger partial charge in [-0.15, -0.1) is 8.78 Å². The van der Waals surface area contributed by atoms with Crippen LogP contribution in [0.15, 0.2) is 53.5 Å². The average molecular weight is 470 g/mol. The zero-order valence-corrected chi connectivity index (χ0v) is 18.0. The molecule has 3 rings (SSSR count). The fourth-order valence-electron chi connectivity index (χ4n) is 2.65. The van der Waals surface area contributed by atoms with Crippen LogP contribution in [0.4, 0.5) is 20.2 Å². The maximum absolute atomic E-state index is 12.7. The van der Waals surface area contributed by atoms with E-state index in [4.69, 9.17) is 16.3 Å². The lowest BCUT2D eigenvalue weighted by Gasteiger charge is -2.28. The second-order valence-electron chi connectivity index (χ2n) is 6.42. The molecule has 0 spiro atoms. The lowest BCUT2D eigenvalue weighted by Crippen LogP contribution is -2.43. The van der Waals surface area contributed by atoms with Gasteiger partial charge in [0, 0.05) is 36.8 Å². The van der Waals surface area contributed by atoms with Gasteiger partial charge in [-0.05, 0) is 36.4 Å². The number of carbonyl (C=O) groups excluding carboxylic acids is 2. The monoisotopic (exact) mass is 469 g/mol. The molecule has 1 fully saturated rings. The van der Waals surface area contributed by atoms with Gasteiger partial charge in [-0.3, -0.25) is 14.5 Å². The molecule has 1 saturated heterocycles. The fraction of sp³-hybridized carbons (Fsp3) is 0.250. The summed E-state index contributed by atoms with van der Waals surface area (Å²) in [5.74, 6) is -0.213. The molecule has 1 heterocycles. The second kappa shape index (κ2) is 9.52. The van der Waals surface area contributed by atoms with Crippen molar-refractivity contribution in [3.8, 4) is 11.5 Å². The zero-order valence-electron chi connectivity index (χ0n) is 16.5. The Hall–Kier alpha value is -2.85. The van der Waals surface area contributed by atoms with Gasteiger partial charge in [0.15, 0.2) is 5.17 Å². The number of carbonyl (C=O) groups is 2. The van der Waals surface area contributed by atoms with Gasteiger partial charge in [-0.1, -0.05) is 17.8 Å². The third kappa shape index (κ3) is 6.31. The first-order valence-electron chi connectivity index (χ1n) is 8.97. The van der Waals surface area contributed by atoms with Crippen LogP contribution < -0.4 is 14.8 Å². The van der Waals surface area contributed by atoms with Crippen LogP contribution in [0.5, 0.6) is 11.5 Å². The molecule has 0 radical (unpaired) electrons. The Morgan fingerprint density at radius 1 is 1.26 bits per heavy atom. The highest BCUT2D eigenvalue weighted by Crippen LogP contribution is 2.30. The number of methoxy groups -OCH3 is 1. The Bertz CT molecular complexity index is 999. The van der Waals surface area contributed by atoms with Crippen molar-refractivity contribution < 1.29 is 27.8 Å². The Morgan fingerprint density at radius 3 is 2.61 bits per heavy atom. The summed E-state index contributed by atoms with van der Waals surface area (Å²) in [6.45, 7) is 0. The van der Waals surface area contributed by atoms with Gasteiger partial charge in [0.05, 0.1) is 12.8 Å². The van der Waals surface area contributed by atoms with Crippen LogP contribution in [-0.4, -0.2) is 46.9 Å². The minimum absolute atomic E-state index is 0.0101. The maximum atomic E-state index is 12.7. The minimum Gasteiger partial charge on any atom is -0.497 e. The van der Waals surface area contributed by atoms with E-state index < -0.39 is 16.7 Å². The Kier molecular flexibility index (Phi) is 7.01. The first-order chi connectivity index (χ1) is 14.6. The van der Waals surface area contributed by atoms with Crippen molar-refractivity contribution in [2.45, 2.75) is 17.2 Å². The van der Waals surface area contributed by atoms with Crippen LogP contribution in [0.25, 0.3) is 0 Å². The number of nitrogens with one attached hydrogen (secondary N) is 1. The predicted molar refractivity (Wildman–Crippen MR) is 115 cm³/mol. The first kappa shape index (κ1) is 22.8. The molecule has 11 heteroatoms. The van der Waals surface area contributed by atoms with E-state index in [-0.39, 0.29) is 18.1 Å². The summed E-state index contributed by atoms with van der Waals surface area (Å²) in [6.07, 6.45) is -0.0101. The molecule has 7 nitrogen and oxygen atoms in total. The van der Waals surface area contributed by atoms with E-state index in [0.717, 1.165) is 11.8 Å². The molecule has 0 bridgehead atoms. The molecule has 1 aliphatic heterocycles. The summed E-state index contributed by atoms with van der Waals surface area (Å²) in [6, 6.07) is 12.3. The smallest absolute Gasteiger partial charge is 0.487 e. The Morgan fingerprint density at radius 2 is 1.97 bits per heavy atom. The number of amidine groups is 1. The third-order valence-electron chi connectivity index (χ3n) is 4.19. The highest BCUT2D eigenvalue weighted by Gasteiger charge is 2.34. The molecule has 2 aromatic rings. The standard InChI is InChI=1S/C20H18ClF2N3O4S/c1-26-17(27)11-16(31-19(26)25-13-4-3-5-15(10-13)29-2)18(28)24-12-6-8-14(9-7-12)30-20(21,22)23/h3-10,16H,11H2,1-2H3,(H,24,28)/t16-/m0/s1. The van der Waals surface area contributed by atoms with Crippen molar-refractivity contribution in [1.82, 2.24) is 4.90 Å². The normalized spacial score (nSPS) is 18.1. The molecular formula is C20H18ClF2N3O4S. The van der Waals surface area contributed by atoms with Crippen LogP contribution in [-0.2, 0) is 9.59 Å². The van der Waals surface area contributed by atoms with E-state index in [2.05, 4.69) is 15.0 Å². The number of hydrogen-bond acceptors (Lipinski definition) is 6. The van der Waals surface area contributed by atoms with E-state index in [9.17, 15) is 18.4 Å². The van der Waals surface area contributed by atoms with Crippen molar-refractivity contribution in [3.63, 3.8) is 0 Å². The number of thioether (sulfide) groups is 1. The second-order valence-corrected chi connectivity index (χ2v) is 8.03. The van der Waals surface area contributed by atoms with E-state index in [0.29, 0.717) is 22.3 Å². The third-order valence-corrected chi connectivity index (χ3v) is 5.51. The molecule has 164 valence electrons. The molecule has 0 unspecified atom stereocenters. The van der Waals surface area contributed by atoms with Gasteiger partial charge < -0.3 is 14.8 Å². The predicted octanol–water partition coefficient (Wildman–Crippen LogP) is 4.45. The summed E-state index contributed by atoms with van der Waals surface area (Å²) in [7, 11) is 3.13. The molecule has 1 aliphatic rings. The quantitative estimate of drug-likeness (QED) is 0.632. The molecule has 31 heavy (non-hydrogen) atoms. The molecule has 1 atom stereocenters. The first-order valence-corrected chi connectivity index (χ1v) is 10.2. The molecular weight excluding hydrogens is 452 g/mol. The molecule has 2 amide bonds. The highest BCUT2D eigenvalue weighted by molar-refractivity contribution is 8.15. The number of anilines is 1. The Balaban J connectivity index is 1.71. The average Bonchev–Trinajstić information content (AvgIpc) is 2.71. The van der Waals surface area contributed by atoms with Crippen molar-refractivity contribution in [2.75, 3.05) is 19.5 Å². The van der Waals surface area contributed by atoms with E-state index in [1.165, 1.54) is 36.3 Å². The lowest BCUT2D eigenvalue weighted by molar-refractivity contribution is -0.128. The van der Waals surface area contributed by atoms with Crippen LogP contribution in [0.3, 0.4) is 0 Å². The number of halogens is 3. The SMILES string of the molecule is COc1cccc(N=C2S[C@H](C(=O)Nc3ccc(OC(F)(F)Cl)cc3)CC(=O)N2C)c1. The van der Waals surface area contributed by atoms with Crippen LogP contribution in [0.1, 0.15) is 6.42 Å². The summed E-state index contributed by atoms with van der Waals surface area (Å²) in [5.41, 5.74) is -2.89. The van der Waals surface area contributed by atoms with Gasteiger partial charge in [0.2, 0.25) is 11.8 Å². The summed E-state index contributed by atoms with van der Waals surface area (Å²) in [5, 5.41) is 2.32.